The molecule has 0 unspecified atom stereocenters. The third kappa shape index (κ3) is 10.8. The van der Waals surface area contributed by atoms with Crippen LogP contribution < -0.4 is 5.32 Å². The van der Waals surface area contributed by atoms with Crippen LogP contribution in [0.2, 0.25) is 0 Å². The monoisotopic (exact) mass is 635 g/mol. The number of aliphatic hydroxyl groups excluding tert-OH is 1. The largest absolute Gasteiger partial charge is 0.459 e. The zero-order chi connectivity index (χ0) is 32.1. The number of nitrogens with zero attached hydrogens (tertiary/aromatic N) is 2. The molecule has 0 aliphatic carbocycles. The van der Waals surface area contributed by atoms with Crippen LogP contribution in [0.25, 0.3) is 0 Å². The molecular weight excluding hydrogens is 594 g/mol. The first kappa shape index (κ1) is 34.9. The number of unbranched alkanes of at least 4 members (excludes halogenated alkanes) is 1. The average molecular weight is 636 g/mol. The molecule has 3 rings (SSSR count). The molecule has 0 saturated carbocycles. The zero-order valence-electron chi connectivity index (χ0n) is 25.0. The Hall–Kier alpha value is -3.59. The van der Waals surface area contributed by atoms with Gasteiger partial charge in [-0.05, 0) is 42.9 Å². The highest BCUT2D eigenvalue weighted by atomic mass is 32.2. The SMILES string of the molecule is CC(C)CN(C[C@@H](OC(=O)CCCCO)[C@H](Cc1ccccc1)NC(=O)O[C@H]1CCOC1)S(=O)(=O)c1ccc([N+](=O)[O-])cc1. The summed E-state index contributed by atoms with van der Waals surface area (Å²) in [5, 5.41) is 23.1. The predicted octanol–water partition coefficient (Wildman–Crippen LogP) is 3.44. The maximum Gasteiger partial charge on any atom is 0.407 e. The summed E-state index contributed by atoms with van der Waals surface area (Å²) in [4.78, 5) is 36.4. The summed E-state index contributed by atoms with van der Waals surface area (Å²) in [5.41, 5.74) is 0.546. The lowest BCUT2D eigenvalue weighted by atomic mass is 10.0. The van der Waals surface area contributed by atoms with Crippen molar-refractivity contribution in [3.05, 3.63) is 70.3 Å². The number of hydrogen-bond donors (Lipinski definition) is 2. The highest BCUT2D eigenvalue weighted by Gasteiger charge is 2.35. The van der Waals surface area contributed by atoms with Crippen LogP contribution in [0.4, 0.5) is 10.5 Å². The van der Waals surface area contributed by atoms with Crippen molar-refractivity contribution in [2.24, 2.45) is 5.92 Å². The Labute approximate surface area is 257 Å². The minimum absolute atomic E-state index is 0.0156. The van der Waals surface area contributed by atoms with Gasteiger partial charge in [-0.25, -0.2) is 13.2 Å². The van der Waals surface area contributed by atoms with E-state index in [0.29, 0.717) is 25.9 Å². The molecule has 2 aromatic rings. The number of nitro benzene ring substituents is 1. The molecule has 1 aliphatic heterocycles. The van der Waals surface area contributed by atoms with Gasteiger partial charge in [0.05, 0.1) is 35.6 Å². The second-order valence-corrected chi connectivity index (χ2v) is 12.9. The maximum atomic E-state index is 13.9. The van der Waals surface area contributed by atoms with Crippen molar-refractivity contribution in [1.29, 1.82) is 0 Å². The lowest BCUT2D eigenvalue weighted by Crippen LogP contribution is -2.53. The number of alkyl carbamates (subject to hydrolysis) is 1. The Morgan fingerprint density at radius 3 is 2.41 bits per heavy atom. The number of carbonyl (C=O) groups excluding carboxylic acids is 2. The summed E-state index contributed by atoms with van der Waals surface area (Å²) in [6, 6.07) is 12.8. The summed E-state index contributed by atoms with van der Waals surface area (Å²) in [5.74, 6) is -0.755. The number of nitro groups is 1. The molecule has 2 N–H and O–H groups in total. The van der Waals surface area contributed by atoms with E-state index in [4.69, 9.17) is 19.3 Å². The molecule has 3 atom stereocenters. The number of nitrogens with one attached hydrogen (secondary N) is 1. The van der Waals surface area contributed by atoms with Crippen LogP contribution in [0.3, 0.4) is 0 Å². The molecule has 0 spiro atoms. The van der Waals surface area contributed by atoms with E-state index in [9.17, 15) is 28.1 Å². The van der Waals surface area contributed by atoms with Crippen molar-refractivity contribution in [2.75, 3.05) is 32.9 Å². The summed E-state index contributed by atoms with van der Waals surface area (Å²) in [6.07, 6.45) is -0.875. The molecule has 14 heteroatoms. The Bertz CT molecular complexity index is 1320. The van der Waals surface area contributed by atoms with Gasteiger partial charge in [0.1, 0.15) is 12.2 Å². The Morgan fingerprint density at radius 2 is 1.82 bits per heavy atom. The standard InChI is InChI=1S/C30H41N3O10S/c1-22(2)19-32(44(39,40)26-13-11-24(12-14-26)33(37)38)20-28(43-29(35)10-6-7-16-34)27(18-23-8-4-3-5-9-23)31-30(36)42-25-15-17-41-21-25/h3-5,8-9,11-14,22,25,27-28,34H,6-7,10,15-21H2,1-2H3,(H,31,36)/t25-,27-,28+/m0/s1. The smallest absolute Gasteiger partial charge is 0.407 e. The molecule has 1 amide bonds. The molecule has 2 aromatic carbocycles. The average Bonchev–Trinajstić information content (AvgIpc) is 3.49. The van der Waals surface area contributed by atoms with Crippen LogP contribution in [0.15, 0.2) is 59.5 Å². The van der Waals surface area contributed by atoms with Gasteiger partial charge in [0, 0.05) is 38.1 Å². The minimum atomic E-state index is -4.22. The van der Waals surface area contributed by atoms with Gasteiger partial charge >= 0.3 is 12.1 Å². The zero-order valence-corrected chi connectivity index (χ0v) is 25.8. The molecule has 0 aromatic heterocycles. The van der Waals surface area contributed by atoms with Crippen LogP contribution >= 0.6 is 0 Å². The molecule has 1 fully saturated rings. The van der Waals surface area contributed by atoms with Crippen molar-refractivity contribution < 1.29 is 42.2 Å². The van der Waals surface area contributed by atoms with E-state index in [1.54, 1.807) is 0 Å². The summed E-state index contributed by atoms with van der Waals surface area (Å²) >= 11 is 0. The number of amides is 1. The molecule has 13 nitrogen and oxygen atoms in total. The van der Waals surface area contributed by atoms with E-state index in [0.717, 1.165) is 29.8 Å². The first-order valence-electron chi connectivity index (χ1n) is 14.6. The fraction of sp³-hybridized carbons (Fsp3) is 0.533. The molecule has 0 radical (unpaired) electrons. The third-order valence-electron chi connectivity index (χ3n) is 6.92. The second-order valence-electron chi connectivity index (χ2n) is 11.0. The van der Waals surface area contributed by atoms with Crippen LogP contribution in [-0.4, -0.2) is 86.0 Å². The van der Waals surface area contributed by atoms with Crippen molar-refractivity contribution >= 4 is 27.8 Å². The highest BCUT2D eigenvalue weighted by molar-refractivity contribution is 7.89. The predicted molar refractivity (Wildman–Crippen MR) is 160 cm³/mol. The Morgan fingerprint density at radius 1 is 1.11 bits per heavy atom. The summed E-state index contributed by atoms with van der Waals surface area (Å²) < 4.78 is 45.6. The van der Waals surface area contributed by atoms with Crippen molar-refractivity contribution in [3.63, 3.8) is 0 Å². The number of ether oxygens (including phenoxy) is 3. The van der Waals surface area contributed by atoms with Gasteiger partial charge in [0.2, 0.25) is 10.0 Å². The van der Waals surface area contributed by atoms with Crippen LogP contribution in [0, 0.1) is 16.0 Å². The minimum Gasteiger partial charge on any atom is -0.459 e. The Balaban J connectivity index is 1.97. The molecule has 242 valence electrons. The lowest BCUT2D eigenvalue weighted by molar-refractivity contribution is -0.384. The molecule has 1 aliphatic rings. The van der Waals surface area contributed by atoms with Crippen LogP contribution in [0.5, 0.6) is 0 Å². The summed E-state index contributed by atoms with van der Waals surface area (Å²) in [6.45, 7) is 4.01. The quantitative estimate of drug-likeness (QED) is 0.113. The number of hydrogen-bond acceptors (Lipinski definition) is 10. The third-order valence-corrected chi connectivity index (χ3v) is 8.77. The number of non-ortho nitro benzene ring substituents is 1. The first-order chi connectivity index (χ1) is 21.0. The lowest BCUT2D eigenvalue weighted by Gasteiger charge is -2.33. The van der Waals surface area contributed by atoms with Crippen molar-refractivity contribution in [1.82, 2.24) is 9.62 Å². The fourth-order valence-electron chi connectivity index (χ4n) is 4.71. The van der Waals surface area contributed by atoms with E-state index < -0.39 is 45.3 Å². The second kappa shape index (κ2) is 17.0. The van der Waals surface area contributed by atoms with E-state index in [1.807, 2.05) is 44.2 Å². The molecule has 44 heavy (non-hydrogen) atoms. The number of sulfonamides is 1. The van der Waals surface area contributed by atoms with Gasteiger partial charge in [-0.2, -0.15) is 4.31 Å². The van der Waals surface area contributed by atoms with Gasteiger partial charge in [-0.15, -0.1) is 0 Å². The fourth-order valence-corrected chi connectivity index (χ4v) is 6.32. The normalized spacial score (nSPS) is 16.4. The maximum absolute atomic E-state index is 13.9. The highest BCUT2D eigenvalue weighted by Crippen LogP contribution is 2.23. The van der Waals surface area contributed by atoms with Crippen LogP contribution in [0.1, 0.15) is 45.1 Å². The van der Waals surface area contributed by atoms with Gasteiger partial charge in [-0.3, -0.25) is 14.9 Å². The van der Waals surface area contributed by atoms with Crippen molar-refractivity contribution in [3.8, 4) is 0 Å². The topological polar surface area (TPSA) is 175 Å². The molecule has 0 bridgehead atoms. The van der Waals surface area contributed by atoms with Gasteiger partial charge in [-0.1, -0.05) is 44.2 Å². The number of aliphatic hydroxyl groups is 1. The number of benzene rings is 2. The van der Waals surface area contributed by atoms with Crippen LogP contribution in [-0.2, 0) is 35.4 Å². The number of rotatable bonds is 17. The van der Waals surface area contributed by atoms with E-state index >= 15 is 0 Å². The van der Waals surface area contributed by atoms with Gasteiger partial charge in [0.15, 0.2) is 0 Å². The number of esters is 1. The van der Waals surface area contributed by atoms with Gasteiger partial charge in [0.25, 0.3) is 5.69 Å². The van der Waals surface area contributed by atoms with E-state index in [-0.39, 0.29) is 55.6 Å². The molecule has 1 heterocycles. The van der Waals surface area contributed by atoms with Gasteiger partial charge < -0.3 is 24.6 Å². The van der Waals surface area contributed by atoms with E-state index in [2.05, 4.69) is 5.32 Å². The molecular formula is C30H41N3O10S. The molecule has 1 saturated heterocycles. The van der Waals surface area contributed by atoms with E-state index in [1.165, 1.54) is 4.31 Å². The number of carbonyl (C=O) groups is 2. The van der Waals surface area contributed by atoms with Crippen molar-refractivity contribution in [2.45, 2.75) is 69.1 Å². The summed E-state index contributed by atoms with van der Waals surface area (Å²) in [7, 11) is -4.22. The first-order valence-corrected chi connectivity index (χ1v) is 16.1. The Kier molecular flexibility index (Phi) is 13.5.